The highest BCUT2D eigenvalue weighted by atomic mass is 35.5. The van der Waals surface area contributed by atoms with Crippen molar-refractivity contribution in [2.24, 2.45) is 0 Å². The van der Waals surface area contributed by atoms with Crippen molar-refractivity contribution in [3.8, 4) is 0 Å². The first-order valence-electron chi connectivity index (χ1n) is 8.25. The van der Waals surface area contributed by atoms with Gasteiger partial charge in [-0.25, -0.2) is 4.39 Å². The predicted octanol–water partition coefficient (Wildman–Crippen LogP) is 7.17. The molecule has 29 heavy (non-hydrogen) atoms. The minimum atomic E-state index is -2.45. The lowest BCUT2D eigenvalue weighted by molar-refractivity contribution is 0.102. The minimum Gasteiger partial charge on any atom is -0.326 e. The molecule has 0 atom stereocenters. The van der Waals surface area contributed by atoms with Crippen LogP contribution in [0.4, 0.5) is 24.5 Å². The van der Waals surface area contributed by atoms with Gasteiger partial charge in [0.25, 0.3) is 11.7 Å². The summed E-state index contributed by atoms with van der Waals surface area (Å²) >= 11 is 7.73. The third-order valence-corrected chi connectivity index (χ3v) is 5.54. The fraction of sp³-hybridized carbons (Fsp3) is 0.0500. The Bertz CT molecular complexity index is 986. The van der Waals surface area contributed by atoms with Gasteiger partial charge in [0, 0.05) is 21.0 Å². The first-order chi connectivity index (χ1) is 13.9. The highest BCUT2D eigenvalue weighted by Gasteiger charge is 2.10. The van der Waals surface area contributed by atoms with Crippen molar-refractivity contribution < 1.29 is 18.0 Å². The summed E-state index contributed by atoms with van der Waals surface area (Å²) in [4.78, 5) is 13.7. The fourth-order valence-electron chi connectivity index (χ4n) is 2.28. The van der Waals surface area contributed by atoms with Gasteiger partial charge in [-0.3, -0.25) is 4.79 Å². The van der Waals surface area contributed by atoms with E-state index in [0.29, 0.717) is 27.9 Å². The molecule has 0 fully saturated rings. The zero-order valence-corrected chi connectivity index (χ0v) is 17.1. The van der Waals surface area contributed by atoms with E-state index >= 15 is 0 Å². The molecular weight excluding hydrogens is 441 g/mol. The molecule has 0 aliphatic carbocycles. The lowest BCUT2D eigenvalue weighted by atomic mass is 10.2. The van der Waals surface area contributed by atoms with Crippen LogP contribution < -0.4 is 10.0 Å². The summed E-state index contributed by atoms with van der Waals surface area (Å²) in [6.07, 6.45) is 0. The second-order valence-corrected chi connectivity index (χ2v) is 8.06. The number of hydrogen-bond acceptors (Lipinski definition) is 4. The summed E-state index contributed by atoms with van der Waals surface area (Å²) in [6, 6.07) is 17.2. The molecule has 0 spiro atoms. The molecule has 3 nitrogen and oxygen atoms in total. The second kappa shape index (κ2) is 9.96. The number of anilines is 2. The quantitative estimate of drug-likeness (QED) is 0.293. The second-order valence-electron chi connectivity index (χ2n) is 5.71. The standard InChI is InChI=1S/C20H14ClF3N2OS2/c21-17-11-13(22)3-10-18(17)25-19(27)12-1-6-16(7-2-12)29-26-14-4-8-15(9-5-14)28-20(23)24/h1-11,20,26H,(H,25,27). The zero-order chi connectivity index (χ0) is 20.8. The molecule has 150 valence electrons. The Morgan fingerprint density at radius 1 is 0.931 bits per heavy atom. The molecular formula is C20H14ClF3N2OS2. The molecule has 0 unspecified atom stereocenters. The monoisotopic (exact) mass is 454 g/mol. The highest BCUT2D eigenvalue weighted by Crippen LogP contribution is 2.28. The van der Waals surface area contributed by atoms with Crippen LogP contribution in [0, 0.1) is 5.82 Å². The van der Waals surface area contributed by atoms with Crippen molar-refractivity contribution in [2.45, 2.75) is 15.5 Å². The van der Waals surface area contributed by atoms with Crippen molar-refractivity contribution in [1.29, 1.82) is 0 Å². The van der Waals surface area contributed by atoms with Gasteiger partial charge >= 0.3 is 0 Å². The average molecular weight is 455 g/mol. The first-order valence-corrected chi connectivity index (χ1v) is 10.3. The Hall–Kier alpha value is -2.29. The fourth-order valence-corrected chi connectivity index (χ4v) is 3.64. The van der Waals surface area contributed by atoms with Crippen LogP contribution in [-0.4, -0.2) is 11.7 Å². The maximum Gasteiger partial charge on any atom is 0.288 e. The largest absolute Gasteiger partial charge is 0.326 e. The maximum absolute atomic E-state index is 13.1. The van der Waals surface area contributed by atoms with E-state index < -0.39 is 11.6 Å². The van der Waals surface area contributed by atoms with Crippen molar-refractivity contribution in [3.63, 3.8) is 0 Å². The van der Waals surface area contributed by atoms with Gasteiger partial charge in [-0.15, -0.1) is 0 Å². The summed E-state index contributed by atoms with van der Waals surface area (Å²) in [5.41, 5.74) is 1.51. The van der Waals surface area contributed by atoms with Gasteiger partial charge in [0.1, 0.15) is 5.82 Å². The average Bonchev–Trinajstić information content (AvgIpc) is 2.69. The number of carbonyl (C=O) groups excluding carboxylic acids is 1. The molecule has 0 heterocycles. The van der Waals surface area contributed by atoms with E-state index in [9.17, 15) is 18.0 Å². The number of benzene rings is 3. The van der Waals surface area contributed by atoms with E-state index in [1.54, 1.807) is 48.5 Å². The van der Waals surface area contributed by atoms with Crippen molar-refractivity contribution in [2.75, 3.05) is 10.0 Å². The van der Waals surface area contributed by atoms with Crippen LogP contribution in [0.25, 0.3) is 0 Å². The normalized spacial score (nSPS) is 10.8. The number of hydrogen-bond donors (Lipinski definition) is 2. The lowest BCUT2D eigenvalue weighted by Gasteiger charge is -2.09. The van der Waals surface area contributed by atoms with E-state index in [2.05, 4.69) is 10.0 Å². The Kier molecular flexibility index (Phi) is 7.35. The molecule has 0 saturated heterocycles. The summed E-state index contributed by atoms with van der Waals surface area (Å²) in [6.45, 7) is 0. The number of amides is 1. The van der Waals surface area contributed by atoms with Crippen LogP contribution in [0.5, 0.6) is 0 Å². The summed E-state index contributed by atoms with van der Waals surface area (Å²) < 4.78 is 40.9. The maximum atomic E-state index is 13.1. The number of halogens is 4. The molecule has 2 N–H and O–H groups in total. The van der Waals surface area contributed by atoms with Gasteiger partial charge in [0.05, 0.1) is 10.7 Å². The Morgan fingerprint density at radius 3 is 2.21 bits per heavy atom. The van der Waals surface area contributed by atoms with Crippen LogP contribution in [-0.2, 0) is 0 Å². The third-order valence-electron chi connectivity index (χ3n) is 3.66. The lowest BCUT2D eigenvalue weighted by Crippen LogP contribution is -2.12. The number of rotatable bonds is 7. The van der Waals surface area contributed by atoms with E-state index in [0.717, 1.165) is 16.6 Å². The van der Waals surface area contributed by atoms with Gasteiger partial charge in [-0.05, 0) is 78.7 Å². The number of nitrogens with one attached hydrogen (secondary N) is 2. The summed E-state index contributed by atoms with van der Waals surface area (Å²) in [5, 5.41) is 2.75. The molecule has 0 aliphatic rings. The van der Waals surface area contributed by atoms with Gasteiger partial charge in [0.2, 0.25) is 0 Å². The molecule has 3 aromatic carbocycles. The predicted molar refractivity (Wildman–Crippen MR) is 114 cm³/mol. The minimum absolute atomic E-state index is 0.118. The summed E-state index contributed by atoms with van der Waals surface area (Å²) in [7, 11) is 0. The molecule has 3 aromatic rings. The zero-order valence-electron chi connectivity index (χ0n) is 14.7. The van der Waals surface area contributed by atoms with Gasteiger partial charge in [0.15, 0.2) is 0 Å². The molecule has 0 radical (unpaired) electrons. The number of carbonyl (C=O) groups is 1. The Labute approximate surface area is 179 Å². The van der Waals surface area contributed by atoms with Gasteiger partial charge in [-0.1, -0.05) is 23.4 Å². The smallest absolute Gasteiger partial charge is 0.288 e. The van der Waals surface area contributed by atoms with E-state index in [4.69, 9.17) is 11.6 Å². The molecule has 0 aliphatic heterocycles. The molecule has 0 bridgehead atoms. The highest BCUT2D eigenvalue weighted by molar-refractivity contribution is 8.00. The molecule has 3 rings (SSSR count). The van der Waals surface area contributed by atoms with Crippen LogP contribution >= 0.6 is 35.3 Å². The molecule has 0 aromatic heterocycles. The SMILES string of the molecule is O=C(Nc1ccc(F)cc1Cl)c1ccc(SNc2ccc(SC(F)F)cc2)cc1. The molecule has 0 saturated carbocycles. The van der Waals surface area contributed by atoms with Crippen LogP contribution in [0.1, 0.15) is 10.4 Å². The number of thioether (sulfide) groups is 1. The Morgan fingerprint density at radius 2 is 1.59 bits per heavy atom. The number of alkyl halides is 2. The molecule has 9 heteroatoms. The van der Waals surface area contributed by atoms with E-state index in [1.807, 2.05) is 0 Å². The van der Waals surface area contributed by atoms with Crippen LogP contribution in [0.3, 0.4) is 0 Å². The van der Waals surface area contributed by atoms with Crippen molar-refractivity contribution in [1.82, 2.24) is 0 Å². The topological polar surface area (TPSA) is 41.1 Å². The van der Waals surface area contributed by atoms with Gasteiger partial charge in [-0.2, -0.15) is 8.78 Å². The summed E-state index contributed by atoms with van der Waals surface area (Å²) in [5.74, 6) is -3.29. The van der Waals surface area contributed by atoms with Crippen molar-refractivity contribution in [3.05, 3.63) is 83.1 Å². The third kappa shape index (κ3) is 6.35. The van der Waals surface area contributed by atoms with Gasteiger partial charge < -0.3 is 10.0 Å². The molecule has 1 amide bonds. The van der Waals surface area contributed by atoms with E-state index in [1.165, 1.54) is 24.1 Å². The van der Waals surface area contributed by atoms with Crippen molar-refractivity contribution >= 4 is 52.6 Å². The van der Waals surface area contributed by atoms with E-state index in [-0.39, 0.29) is 10.9 Å². The first kappa shape index (κ1) is 21.4. The van der Waals surface area contributed by atoms with Crippen LogP contribution in [0.2, 0.25) is 5.02 Å². The van der Waals surface area contributed by atoms with Crippen LogP contribution in [0.15, 0.2) is 76.5 Å². The Balaban J connectivity index is 1.56.